The van der Waals surface area contributed by atoms with E-state index in [1.54, 1.807) is 6.07 Å². The molecule has 1 aliphatic carbocycles. The maximum absolute atomic E-state index is 13.1. The van der Waals surface area contributed by atoms with E-state index >= 15 is 0 Å². The molecular weight excluding hydrogens is 327 g/mol. The number of alkyl halides is 3. The fourth-order valence-corrected chi connectivity index (χ4v) is 4.03. The lowest BCUT2D eigenvalue weighted by Crippen LogP contribution is -2.52. The van der Waals surface area contributed by atoms with Crippen molar-refractivity contribution in [2.24, 2.45) is 0 Å². The van der Waals surface area contributed by atoms with Crippen LogP contribution in [0, 0.1) is 0 Å². The van der Waals surface area contributed by atoms with Gasteiger partial charge >= 0.3 is 6.18 Å². The number of benzene rings is 1. The largest absolute Gasteiger partial charge is 0.416 e. The minimum Gasteiger partial charge on any atom is -0.381 e. The van der Waals surface area contributed by atoms with Crippen molar-refractivity contribution >= 4 is 0 Å². The summed E-state index contributed by atoms with van der Waals surface area (Å²) in [5.41, 5.74) is 0.122. The molecule has 2 nitrogen and oxygen atoms in total. The van der Waals surface area contributed by atoms with E-state index in [1.807, 2.05) is 20.2 Å². The Bertz CT molecular complexity index is 538. The summed E-state index contributed by atoms with van der Waals surface area (Å²) < 4.78 is 45.0. The van der Waals surface area contributed by atoms with E-state index in [1.165, 1.54) is 12.1 Å². The van der Waals surface area contributed by atoms with Crippen molar-refractivity contribution in [1.82, 2.24) is 4.90 Å². The topological polar surface area (TPSA) is 12.5 Å². The fraction of sp³-hybridized carbons (Fsp3) is 0.700. The van der Waals surface area contributed by atoms with Crippen molar-refractivity contribution in [2.45, 2.75) is 63.1 Å². The average Bonchev–Trinajstić information content (AvgIpc) is 2.51. The minimum atomic E-state index is -4.29. The van der Waals surface area contributed by atoms with Crippen LogP contribution in [0.2, 0.25) is 0 Å². The smallest absolute Gasteiger partial charge is 0.381 e. The third kappa shape index (κ3) is 4.76. The highest BCUT2D eigenvalue weighted by molar-refractivity contribution is 5.35. The first kappa shape index (κ1) is 20.2. The molecule has 0 radical (unpaired) electrons. The van der Waals surface area contributed by atoms with Gasteiger partial charge in [-0.3, -0.25) is 0 Å². The molecule has 5 heteroatoms. The Labute approximate surface area is 149 Å². The van der Waals surface area contributed by atoms with Crippen LogP contribution in [-0.2, 0) is 16.3 Å². The summed E-state index contributed by atoms with van der Waals surface area (Å²) in [4.78, 5) is 2.18. The summed E-state index contributed by atoms with van der Waals surface area (Å²) in [6.45, 7) is 3.57. The Morgan fingerprint density at radius 2 is 1.92 bits per heavy atom. The molecule has 1 atom stereocenters. The second-order valence-electron chi connectivity index (χ2n) is 7.32. The molecule has 1 aromatic carbocycles. The van der Waals surface area contributed by atoms with E-state index in [4.69, 9.17) is 4.74 Å². The second kappa shape index (κ2) is 8.54. The first-order valence-electron chi connectivity index (χ1n) is 9.23. The highest BCUT2D eigenvalue weighted by Crippen LogP contribution is 2.49. The van der Waals surface area contributed by atoms with Gasteiger partial charge in [0.15, 0.2) is 0 Å². The maximum atomic E-state index is 13.1. The molecule has 1 aromatic rings. The van der Waals surface area contributed by atoms with Gasteiger partial charge in [0.2, 0.25) is 0 Å². The number of hydrogen-bond acceptors (Lipinski definition) is 2. The van der Waals surface area contributed by atoms with Gasteiger partial charge in [0.05, 0.1) is 5.56 Å². The normalized spacial score (nSPS) is 18.2. The molecule has 25 heavy (non-hydrogen) atoms. The zero-order chi connectivity index (χ0) is 18.5. The third-order valence-corrected chi connectivity index (χ3v) is 5.39. The molecule has 0 bridgehead atoms. The van der Waals surface area contributed by atoms with Gasteiger partial charge in [0, 0.05) is 24.7 Å². The molecule has 142 valence electrons. The first-order chi connectivity index (χ1) is 11.8. The Hall–Kier alpha value is -1.07. The van der Waals surface area contributed by atoms with Crippen molar-refractivity contribution in [3.63, 3.8) is 0 Å². The SMILES string of the molecule is CCCOCCCC(N(C)C)C1(c2cccc(C(F)(F)F)c2)CCC1. The van der Waals surface area contributed by atoms with Gasteiger partial charge in [-0.15, -0.1) is 0 Å². The molecule has 0 aromatic heterocycles. The molecule has 0 heterocycles. The molecule has 1 fully saturated rings. The summed E-state index contributed by atoms with van der Waals surface area (Å²) in [5, 5.41) is 0. The number of halogens is 3. The van der Waals surface area contributed by atoms with Gasteiger partial charge in [0.25, 0.3) is 0 Å². The zero-order valence-electron chi connectivity index (χ0n) is 15.5. The standard InChI is InChI=1S/C20H30F3NO/c1-4-13-25-14-6-10-18(24(2)3)19(11-7-12-19)16-8-5-9-17(15-16)20(21,22)23/h5,8-9,15,18H,4,6-7,10-14H2,1-3H3. The second-order valence-corrected chi connectivity index (χ2v) is 7.32. The van der Waals surface area contributed by atoms with E-state index in [-0.39, 0.29) is 11.5 Å². The van der Waals surface area contributed by atoms with E-state index in [9.17, 15) is 13.2 Å². The van der Waals surface area contributed by atoms with E-state index < -0.39 is 11.7 Å². The Morgan fingerprint density at radius 1 is 1.20 bits per heavy atom. The predicted octanol–water partition coefficient (Wildman–Crippen LogP) is 5.26. The monoisotopic (exact) mass is 357 g/mol. The van der Waals surface area contributed by atoms with Crippen molar-refractivity contribution < 1.29 is 17.9 Å². The molecule has 1 aliphatic rings. The lowest BCUT2D eigenvalue weighted by Gasteiger charge is -2.51. The van der Waals surface area contributed by atoms with Crippen LogP contribution in [0.4, 0.5) is 13.2 Å². The summed E-state index contributed by atoms with van der Waals surface area (Å²) in [7, 11) is 4.07. The van der Waals surface area contributed by atoms with Crippen LogP contribution >= 0.6 is 0 Å². The summed E-state index contributed by atoms with van der Waals surface area (Å²) in [5.74, 6) is 0. The Morgan fingerprint density at radius 3 is 2.44 bits per heavy atom. The maximum Gasteiger partial charge on any atom is 0.416 e. The first-order valence-corrected chi connectivity index (χ1v) is 9.23. The molecule has 1 unspecified atom stereocenters. The van der Waals surface area contributed by atoms with Crippen LogP contribution in [-0.4, -0.2) is 38.3 Å². The van der Waals surface area contributed by atoms with Crippen LogP contribution in [0.3, 0.4) is 0 Å². The molecular formula is C20H30F3NO. The van der Waals surface area contributed by atoms with Crippen molar-refractivity contribution in [3.8, 4) is 0 Å². The van der Waals surface area contributed by atoms with Crippen LogP contribution in [0.25, 0.3) is 0 Å². The van der Waals surface area contributed by atoms with E-state index in [2.05, 4.69) is 11.8 Å². The van der Waals surface area contributed by atoms with Crippen molar-refractivity contribution in [2.75, 3.05) is 27.3 Å². The molecule has 2 rings (SSSR count). The van der Waals surface area contributed by atoms with Crippen LogP contribution in [0.5, 0.6) is 0 Å². The summed E-state index contributed by atoms with van der Waals surface area (Å²) in [6, 6.07) is 6.19. The number of rotatable bonds is 9. The van der Waals surface area contributed by atoms with Gasteiger partial charge in [-0.25, -0.2) is 0 Å². The van der Waals surface area contributed by atoms with Crippen LogP contribution in [0.1, 0.15) is 56.6 Å². The van der Waals surface area contributed by atoms with Crippen molar-refractivity contribution in [1.29, 1.82) is 0 Å². The zero-order valence-corrected chi connectivity index (χ0v) is 15.5. The number of ether oxygens (including phenoxy) is 1. The highest BCUT2D eigenvalue weighted by atomic mass is 19.4. The van der Waals surface area contributed by atoms with Gasteiger partial charge in [0.1, 0.15) is 0 Å². The number of hydrogen-bond donors (Lipinski definition) is 0. The van der Waals surface area contributed by atoms with Gasteiger partial charge in [-0.2, -0.15) is 13.2 Å². The minimum absolute atomic E-state index is 0.171. The third-order valence-electron chi connectivity index (χ3n) is 5.39. The molecule has 0 saturated heterocycles. The van der Waals surface area contributed by atoms with Gasteiger partial charge in [-0.1, -0.05) is 31.5 Å². The van der Waals surface area contributed by atoms with Crippen molar-refractivity contribution in [3.05, 3.63) is 35.4 Å². The Balaban J connectivity index is 2.18. The van der Waals surface area contributed by atoms with Gasteiger partial charge in [-0.05, 0) is 57.8 Å². The molecule has 0 amide bonds. The highest BCUT2D eigenvalue weighted by Gasteiger charge is 2.46. The molecule has 0 N–H and O–H groups in total. The van der Waals surface area contributed by atoms with Crippen LogP contribution in [0.15, 0.2) is 24.3 Å². The summed E-state index contributed by atoms with van der Waals surface area (Å²) >= 11 is 0. The summed E-state index contributed by atoms with van der Waals surface area (Å²) in [6.07, 6.45) is 1.57. The quantitative estimate of drug-likeness (QED) is 0.559. The lowest BCUT2D eigenvalue weighted by molar-refractivity contribution is -0.137. The average molecular weight is 357 g/mol. The lowest BCUT2D eigenvalue weighted by atomic mass is 9.59. The van der Waals surface area contributed by atoms with Gasteiger partial charge < -0.3 is 9.64 Å². The number of nitrogens with zero attached hydrogens (tertiary/aromatic N) is 1. The Kier molecular flexibility index (Phi) is 6.92. The predicted molar refractivity (Wildman–Crippen MR) is 94.8 cm³/mol. The van der Waals surface area contributed by atoms with Crippen LogP contribution < -0.4 is 0 Å². The van der Waals surface area contributed by atoms with E-state index in [0.717, 1.165) is 57.3 Å². The fourth-order valence-electron chi connectivity index (χ4n) is 4.03. The molecule has 1 saturated carbocycles. The molecule has 0 spiro atoms. The molecule has 0 aliphatic heterocycles. The number of likely N-dealkylation sites (N-methyl/N-ethyl adjacent to an activating group) is 1. The van der Waals surface area contributed by atoms with E-state index in [0.29, 0.717) is 0 Å².